The quantitative estimate of drug-likeness (QED) is 0.693. The lowest BCUT2D eigenvalue weighted by Gasteiger charge is -2.07. The van der Waals surface area contributed by atoms with Gasteiger partial charge in [0, 0.05) is 19.0 Å². The second-order valence-electron chi connectivity index (χ2n) is 5.01. The van der Waals surface area contributed by atoms with Crippen LogP contribution in [-0.4, -0.2) is 33.2 Å². The number of carbonyl (C=O) groups excluding carboxylic acids is 1. The van der Waals surface area contributed by atoms with Gasteiger partial charge in [0.25, 0.3) is 0 Å². The molecule has 0 heterocycles. The molecule has 5 nitrogen and oxygen atoms in total. The molecule has 1 fully saturated rings. The van der Waals surface area contributed by atoms with Crippen LogP contribution in [0.25, 0.3) is 0 Å². The molecule has 1 saturated carbocycles. The summed E-state index contributed by atoms with van der Waals surface area (Å²) in [5, 5.41) is 2.73. The number of nitrogens with one attached hydrogen (secondary N) is 2. The molecule has 0 radical (unpaired) electrons. The van der Waals surface area contributed by atoms with E-state index in [-0.39, 0.29) is 24.1 Å². The van der Waals surface area contributed by atoms with Crippen LogP contribution < -0.4 is 10.0 Å². The first-order chi connectivity index (χ1) is 9.57. The van der Waals surface area contributed by atoms with Crippen LogP contribution in [0.15, 0.2) is 30.3 Å². The fourth-order valence-electron chi connectivity index (χ4n) is 1.85. The van der Waals surface area contributed by atoms with Crippen molar-refractivity contribution >= 4 is 15.9 Å². The Balaban J connectivity index is 1.64. The van der Waals surface area contributed by atoms with Crippen LogP contribution in [-0.2, 0) is 21.2 Å². The summed E-state index contributed by atoms with van der Waals surface area (Å²) in [4.78, 5) is 11.4. The van der Waals surface area contributed by atoms with Crippen molar-refractivity contribution in [1.82, 2.24) is 10.0 Å². The molecule has 6 heteroatoms. The van der Waals surface area contributed by atoms with E-state index >= 15 is 0 Å². The highest BCUT2D eigenvalue weighted by molar-refractivity contribution is 7.89. The number of amides is 1. The number of hydrogen-bond donors (Lipinski definition) is 2. The maximum Gasteiger partial charge on any atom is 0.223 e. The van der Waals surface area contributed by atoms with Crippen LogP contribution >= 0.6 is 0 Å². The normalized spacial score (nSPS) is 15.0. The lowest BCUT2D eigenvalue weighted by atomic mass is 10.2. The van der Waals surface area contributed by atoms with Gasteiger partial charge in [0.05, 0.1) is 5.75 Å². The Morgan fingerprint density at radius 3 is 2.50 bits per heavy atom. The van der Waals surface area contributed by atoms with Gasteiger partial charge in [-0.15, -0.1) is 0 Å². The van der Waals surface area contributed by atoms with Crippen molar-refractivity contribution in [2.75, 3.05) is 18.8 Å². The number of aryl methyl sites for hydroxylation is 1. The molecule has 2 rings (SSSR count). The Labute approximate surface area is 119 Å². The fourth-order valence-corrected chi connectivity index (χ4v) is 2.91. The maximum atomic E-state index is 11.8. The van der Waals surface area contributed by atoms with E-state index < -0.39 is 10.0 Å². The van der Waals surface area contributed by atoms with Crippen molar-refractivity contribution in [3.8, 4) is 0 Å². The van der Waals surface area contributed by atoms with Gasteiger partial charge < -0.3 is 5.32 Å². The molecule has 0 unspecified atom stereocenters. The zero-order chi connectivity index (χ0) is 14.4. The lowest BCUT2D eigenvalue weighted by molar-refractivity contribution is -0.122. The fraction of sp³-hybridized carbons (Fsp3) is 0.500. The topological polar surface area (TPSA) is 75.3 Å². The molecule has 2 N–H and O–H groups in total. The SMILES string of the molecule is O=C(NCCNS(=O)(=O)CCc1ccccc1)C1CC1. The number of rotatable bonds is 8. The van der Waals surface area contributed by atoms with E-state index in [9.17, 15) is 13.2 Å². The van der Waals surface area contributed by atoms with Gasteiger partial charge in [0.2, 0.25) is 15.9 Å². The number of sulfonamides is 1. The Kier molecular flexibility index (Phi) is 5.14. The van der Waals surface area contributed by atoms with Gasteiger partial charge in [-0.25, -0.2) is 13.1 Å². The zero-order valence-corrected chi connectivity index (χ0v) is 12.2. The Morgan fingerprint density at radius 1 is 1.15 bits per heavy atom. The third kappa shape index (κ3) is 5.30. The van der Waals surface area contributed by atoms with Gasteiger partial charge in [-0.3, -0.25) is 4.79 Å². The molecule has 0 atom stereocenters. The van der Waals surface area contributed by atoms with Crippen LogP contribution in [0.1, 0.15) is 18.4 Å². The van der Waals surface area contributed by atoms with Crippen molar-refractivity contribution in [3.63, 3.8) is 0 Å². The molecule has 1 aromatic rings. The van der Waals surface area contributed by atoms with E-state index in [2.05, 4.69) is 10.0 Å². The number of carbonyl (C=O) groups is 1. The molecule has 1 amide bonds. The van der Waals surface area contributed by atoms with Gasteiger partial charge in [-0.1, -0.05) is 30.3 Å². The Morgan fingerprint density at radius 2 is 1.85 bits per heavy atom. The Hall–Kier alpha value is -1.40. The molecule has 1 aliphatic rings. The summed E-state index contributed by atoms with van der Waals surface area (Å²) < 4.78 is 26.0. The summed E-state index contributed by atoms with van der Waals surface area (Å²) in [7, 11) is -3.28. The second-order valence-corrected chi connectivity index (χ2v) is 6.94. The molecule has 20 heavy (non-hydrogen) atoms. The van der Waals surface area contributed by atoms with Crippen LogP contribution in [0.5, 0.6) is 0 Å². The average molecular weight is 296 g/mol. The molecular formula is C14H20N2O3S. The van der Waals surface area contributed by atoms with Gasteiger partial charge >= 0.3 is 0 Å². The standard InChI is InChI=1S/C14H20N2O3S/c17-14(13-6-7-13)15-9-10-16-20(18,19)11-8-12-4-2-1-3-5-12/h1-5,13,16H,6-11H2,(H,15,17). The highest BCUT2D eigenvalue weighted by Crippen LogP contribution is 2.28. The Bertz CT molecular complexity index is 539. The van der Waals surface area contributed by atoms with Gasteiger partial charge in [0.15, 0.2) is 0 Å². The van der Waals surface area contributed by atoms with Gasteiger partial charge in [-0.2, -0.15) is 0 Å². The molecule has 0 aromatic heterocycles. The summed E-state index contributed by atoms with van der Waals surface area (Å²) in [6, 6.07) is 9.50. The molecule has 1 aliphatic carbocycles. The third-order valence-electron chi connectivity index (χ3n) is 3.20. The first kappa shape index (κ1) is 15.0. The van der Waals surface area contributed by atoms with E-state index in [1.165, 1.54) is 0 Å². The average Bonchev–Trinajstić information content (AvgIpc) is 3.27. The van der Waals surface area contributed by atoms with Crippen molar-refractivity contribution in [3.05, 3.63) is 35.9 Å². The number of hydrogen-bond acceptors (Lipinski definition) is 3. The molecule has 0 saturated heterocycles. The van der Waals surface area contributed by atoms with Gasteiger partial charge in [-0.05, 0) is 24.8 Å². The summed E-state index contributed by atoms with van der Waals surface area (Å²) >= 11 is 0. The molecule has 110 valence electrons. The summed E-state index contributed by atoms with van der Waals surface area (Å²) in [5.41, 5.74) is 1.000. The lowest BCUT2D eigenvalue weighted by Crippen LogP contribution is -2.36. The summed E-state index contributed by atoms with van der Waals surface area (Å²) in [6.45, 7) is 0.593. The van der Waals surface area contributed by atoms with Crippen LogP contribution in [0, 0.1) is 5.92 Å². The van der Waals surface area contributed by atoms with E-state index in [4.69, 9.17) is 0 Å². The van der Waals surface area contributed by atoms with Crippen molar-refractivity contribution in [1.29, 1.82) is 0 Å². The van der Waals surface area contributed by atoms with Crippen LogP contribution in [0.3, 0.4) is 0 Å². The van der Waals surface area contributed by atoms with Gasteiger partial charge in [0.1, 0.15) is 0 Å². The minimum Gasteiger partial charge on any atom is -0.355 e. The summed E-state index contributed by atoms with van der Waals surface area (Å²) in [5.74, 6) is 0.256. The minimum atomic E-state index is -3.28. The third-order valence-corrected chi connectivity index (χ3v) is 4.58. The van der Waals surface area contributed by atoms with Crippen LogP contribution in [0.4, 0.5) is 0 Å². The summed E-state index contributed by atoms with van der Waals surface area (Å²) in [6.07, 6.45) is 2.40. The van der Waals surface area contributed by atoms with E-state index in [1.54, 1.807) is 0 Å². The molecule has 0 aliphatic heterocycles. The largest absolute Gasteiger partial charge is 0.355 e. The van der Waals surface area contributed by atoms with Crippen molar-refractivity contribution in [2.24, 2.45) is 5.92 Å². The highest BCUT2D eigenvalue weighted by atomic mass is 32.2. The first-order valence-corrected chi connectivity index (χ1v) is 8.51. The monoisotopic (exact) mass is 296 g/mol. The predicted octanol–water partition coefficient (Wildman–Crippen LogP) is 0.675. The first-order valence-electron chi connectivity index (χ1n) is 6.86. The molecular weight excluding hydrogens is 276 g/mol. The number of benzene rings is 1. The smallest absolute Gasteiger partial charge is 0.223 e. The van der Waals surface area contributed by atoms with E-state index in [0.29, 0.717) is 13.0 Å². The van der Waals surface area contributed by atoms with Crippen molar-refractivity contribution < 1.29 is 13.2 Å². The maximum absolute atomic E-state index is 11.8. The predicted molar refractivity (Wildman–Crippen MR) is 77.7 cm³/mol. The molecule has 0 bridgehead atoms. The molecule has 0 spiro atoms. The van der Waals surface area contributed by atoms with Crippen LogP contribution in [0.2, 0.25) is 0 Å². The minimum absolute atomic E-state index is 0.0356. The van der Waals surface area contributed by atoms with E-state index in [0.717, 1.165) is 18.4 Å². The van der Waals surface area contributed by atoms with Crippen molar-refractivity contribution in [2.45, 2.75) is 19.3 Å². The molecule has 1 aromatic carbocycles. The van der Waals surface area contributed by atoms with E-state index in [1.807, 2.05) is 30.3 Å². The second kappa shape index (κ2) is 6.85. The highest BCUT2D eigenvalue weighted by Gasteiger charge is 2.29. The zero-order valence-electron chi connectivity index (χ0n) is 11.3.